The van der Waals surface area contributed by atoms with E-state index in [-0.39, 0.29) is 12.6 Å². The lowest BCUT2D eigenvalue weighted by molar-refractivity contribution is 0.0481. The van der Waals surface area contributed by atoms with Crippen LogP contribution in [0.3, 0.4) is 0 Å². The Morgan fingerprint density at radius 2 is 1.74 bits per heavy atom. The van der Waals surface area contributed by atoms with Gasteiger partial charge >= 0.3 is 0 Å². The fourth-order valence-electron chi connectivity index (χ4n) is 2.13. The first-order valence-electron chi connectivity index (χ1n) is 6.13. The van der Waals surface area contributed by atoms with Crippen LogP contribution in [0.2, 0.25) is 0 Å². The average molecular weight is 277 g/mol. The van der Waals surface area contributed by atoms with Crippen LogP contribution in [0.1, 0.15) is 24.5 Å². The molecule has 1 atom stereocenters. The quantitative estimate of drug-likeness (QED) is 0.808. The van der Waals surface area contributed by atoms with Gasteiger partial charge < -0.3 is 5.11 Å². The van der Waals surface area contributed by atoms with Crippen molar-refractivity contribution in [1.82, 2.24) is 4.90 Å². The number of alkyl halides is 2. The molecule has 0 heterocycles. The van der Waals surface area contributed by atoms with Crippen molar-refractivity contribution in [3.8, 4) is 0 Å². The molecule has 1 unspecified atom stereocenters. The van der Waals surface area contributed by atoms with Gasteiger partial charge in [0, 0.05) is 12.6 Å². The van der Waals surface area contributed by atoms with Gasteiger partial charge in [-0.1, -0.05) is 6.07 Å². The molecule has 0 amide bonds. The molecule has 1 aromatic rings. The minimum Gasteiger partial charge on any atom is -0.387 e. The maximum Gasteiger partial charge on any atom is 0.251 e. The molecule has 1 aliphatic carbocycles. The third-order valence-corrected chi connectivity index (χ3v) is 3.18. The van der Waals surface area contributed by atoms with Gasteiger partial charge in [-0.05, 0) is 25.0 Å². The Balaban J connectivity index is 2.08. The maximum absolute atomic E-state index is 13.5. The predicted molar refractivity (Wildman–Crippen MR) is 61.9 cm³/mol. The highest BCUT2D eigenvalue weighted by Crippen LogP contribution is 2.30. The van der Waals surface area contributed by atoms with E-state index in [2.05, 4.69) is 0 Å². The van der Waals surface area contributed by atoms with Crippen LogP contribution in [-0.4, -0.2) is 35.6 Å². The fourth-order valence-corrected chi connectivity index (χ4v) is 2.13. The third kappa shape index (κ3) is 3.67. The van der Waals surface area contributed by atoms with Gasteiger partial charge in [0.2, 0.25) is 0 Å². The Kier molecular flexibility index (Phi) is 4.42. The van der Waals surface area contributed by atoms with Crippen molar-refractivity contribution in [2.24, 2.45) is 0 Å². The van der Waals surface area contributed by atoms with Crippen molar-refractivity contribution in [3.63, 3.8) is 0 Å². The molecule has 1 saturated carbocycles. The molecule has 0 aliphatic heterocycles. The fraction of sp³-hybridized carbons (Fsp3) is 0.538. The van der Waals surface area contributed by atoms with Crippen LogP contribution < -0.4 is 0 Å². The molecule has 2 nitrogen and oxygen atoms in total. The first-order chi connectivity index (χ1) is 8.99. The van der Waals surface area contributed by atoms with Crippen LogP contribution >= 0.6 is 0 Å². The zero-order chi connectivity index (χ0) is 14.0. The third-order valence-electron chi connectivity index (χ3n) is 3.18. The van der Waals surface area contributed by atoms with Crippen LogP contribution in [0, 0.1) is 11.6 Å². The topological polar surface area (TPSA) is 23.5 Å². The molecule has 6 heteroatoms. The Hall–Kier alpha value is -1.14. The van der Waals surface area contributed by atoms with Gasteiger partial charge in [0.05, 0.1) is 18.2 Å². The lowest BCUT2D eigenvalue weighted by Crippen LogP contribution is -2.35. The monoisotopic (exact) mass is 277 g/mol. The Bertz CT molecular complexity index is 416. The second-order valence-electron chi connectivity index (χ2n) is 4.73. The van der Waals surface area contributed by atoms with Crippen LogP contribution in [0.5, 0.6) is 0 Å². The summed E-state index contributed by atoms with van der Waals surface area (Å²) in [5.74, 6) is -1.72. The highest BCUT2D eigenvalue weighted by atomic mass is 19.3. The molecular weight excluding hydrogens is 262 g/mol. The molecule has 0 saturated heterocycles. The molecule has 2 rings (SSSR count). The van der Waals surface area contributed by atoms with E-state index in [1.165, 1.54) is 11.0 Å². The summed E-state index contributed by atoms with van der Waals surface area (Å²) in [5.41, 5.74) is -0.456. The van der Waals surface area contributed by atoms with E-state index in [1.54, 1.807) is 0 Å². The predicted octanol–water partition coefficient (Wildman–Crippen LogP) is 2.73. The summed E-state index contributed by atoms with van der Waals surface area (Å²) in [6.07, 6.45) is -2.42. The Morgan fingerprint density at radius 1 is 1.16 bits per heavy atom. The van der Waals surface area contributed by atoms with Gasteiger partial charge in [0.25, 0.3) is 6.43 Å². The number of aliphatic hydroxyl groups excluding tert-OH is 1. The Labute approximate surface area is 108 Å². The lowest BCUT2D eigenvalue weighted by Gasteiger charge is -2.25. The number of rotatable bonds is 6. The second-order valence-corrected chi connectivity index (χ2v) is 4.73. The molecule has 1 aromatic carbocycles. The van der Waals surface area contributed by atoms with Gasteiger partial charge in [-0.3, -0.25) is 4.90 Å². The van der Waals surface area contributed by atoms with Gasteiger partial charge in [0.1, 0.15) is 11.6 Å². The molecule has 1 aliphatic rings. The largest absolute Gasteiger partial charge is 0.387 e. The van der Waals surface area contributed by atoms with E-state index in [0.29, 0.717) is 0 Å². The molecule has 0 bridgehead atoms. The van der Waals surface area contributed by atoms with Crippen molar-refractivity contribution in [3.05, 3.63) is 35.4 Å². The first-order valence-corrected chi connectivity index (χ1v) is 6.13. The van der Waals surface area contributed by atoms with Crippen molar-refractivity contribution in [2.75, 3.05) is 13.1 Å². The highest BCUT2D eigenvalue weighted by molar-refractivity contribution is 5.22. The minimum atomic E-state index is -2.53. The zero-order valence-corrected chi connectivity index (χ0v) is 10.2. The lowest BCUT2D eigenvalue weighted by atomic mass is 10.1. The molecule has 1 N–H and O–H groups in total. The van der Waals surface area contributed by atoms with E-state index in [9.17, 15) is 22.7 Å². The molecule has 0 aromatic heterocycles. The van der Waals surface area contributed by atoms with Gasteiger partial charge in [-0.15, -0.1) is 0 Å². The van der Waals surface area contributed by atoms with E-state index < -0.39 is 36.3 Å². The number of benzene rings is 1. The standard InChI is InChI=1S/C13H15F4NO/c14-9-2-1-3-10(15)13(9)11(19)6-18(7-12(16)17)8-4-5-8/h1-3,8,11-12,19H,4-7H2. The summed E-state index contributed by atoms with van der Waals surface area (Å²) in [7, 11) is 0. The van der Waals surface area contributed by atoms with E-state index >= 15 is 0 Å². The van der Waals surface area contributed by atoms with Gasteiger partial charge in [0.15, 0.2) is 0 Å². The van der Waals surface area contributed by atoms with Crippen molar-refractivity contribution in [2.45, 2.75) is 31.4 Å². The number of halogens is 4. The summed E-state index contributed by atoms with van der Waals surface area (Å²) in [4.78, 5) is 1.39. The summed E-state index contributed by atoms with van der Waals surface area (Å²) in [5, 5.41) is 9.88. The summed E-state index contributed by atoms with van der Waals surface area (Å²) < 4.78 is 51.8. The second kappa shape index (κ2) is 5.88. The van der Waals surface area contributed by atoms with E-state index in [0.717, 1.165) is 25.0 Å². The van der Waals surface area contributed by atoms with Crippen LogP contribution in [0.4, 0.5) is 17.6 Å². The van der Waals surface area contributed by atoms with E-state index in [1.807, 2.05) is 0 Å². The maximum atomic E-state index is 13.5. The average Bonchev–Trinajstić information content (AvgIpc) is 3.10. The molecular formula is C13H15F4NO. The van der Waals surface area contributed by atoms with Crippen molar-refractivity contribution in [1.29, 1.82) is 0 Å². The summed E-state index contributed by atoms with van der Waals surface area (Å²) >= 11 is 0. The minimum absolute atomic E-state index is 0.0153. The van der Waals surface area contributed by atoms with E-state index in [4.69, 9.17) is 0 Å². The molecule has 1 fully saturated rings. The first kappa shape index (κ1) is 14.3. The molecule has 0 radical (unpaired) electrons. The van der Waals surface area contributed by atoms with Crippen LogP contribution in [0.25, 0.3) is 0 Å². The van der Waals surface area contributed by atoms with Crippen molar-refractivity contribution < 1.29 is 22.7 Å². The number of hydrogen-bond acceptors (Lipinski definition) is 2. The summed E-state index contributed by atoms with van der Waals surface area (Å²) in [6, 6.07) is 3.25. The number of nitrogens with zero attached hydrogens (tertiary/aromatic N) is 1. The van der Waals surface area contributed by atoms with Crippen LogP contribution in [-0.2, 0) is 0 Å². The van der Waals surface area contributed by atoms with Gasteiger partial charge in [-0.2, -0.15) is 0 Å². The molecule has 0 spiro atoms. The van der Waals surface area contributed by atoms with Gasteiger partial charge in [-0.25, -0.2) is 17.6 Å². The normalized spacial score (nSPS) is 17.2. The number of hydrogen-bond donors (Lipinski definition) is 1. The molecule has 19 heavy (non-hydrogen) atoms. The molecule has 106 valence electrons. The smallest absolute Gasteiger partial charge is 0.251 e. The van der Waals surface area contributed by atoms with Crippen molar-refractivity contribution >= 4 is 0 Å². The Morgan fingerprint density at radius 3 is 2.21 bits per heavy atom. The SMILES string of the molecule is OC(CN(CC(F)F)C1CC1)c1c(F)cccc1F. The summed E-state index contributed by atoms with van der Waals surface area (Å²) in [6.45, 7) is -0.676. The number of aliphatic hydroxyl groups is 1. The zero-order valence-electron chi connectivity index (χ0n) is 10.2. The van der Waals surface area contributed by atoms with Crippen LogP contribution in [0.15, 0.2) is 18.2 Å². The highest BCUT2D eigenvalue weighted by Gasteiger charge is 2.33.